The number of para-hydroxylation sites is 1. The second-order valence-electron chi connectivity index (χ2n) is 7.29. The Bertz CT molecular complexity index is 1150. The van der Waals surface area contributed by atoms with Gasteiger partial charge in [-0.3, -0.25) is 4.98 Å². The lowest BCUT2D eigenvalue weighted by molar-refractivity contribution is 0.790. The zero-order chi connectivity index (χ0) is 21.5. The van der Waals surface area contributed by atoms with Crippen molar-refractivity contribution < 1.29 is 0 Å². The van der Waals surface area contributed by atoms with E-state index in [0.717, 1.165) is 59.7 Å². The van der Waals surface area contributed by atoms with E-state index < -0.39 is 0 Å². The van der Waals surface area contributed by atoms with Crippen LogP contribution < -0.4 is 16.0 Å². The molecule has 2 aromatic carbocycles. The van der Waals surface area contributed by atoms with Gasteiger partial charge in [0, 0.05) is 52.8 Å². The maximum atomic E-state index is 6.06. The van der Waals surface area contributed by atoms with Gasteiger partial charge in [-0.15, -0.1) is 0 Å². The number of unbranched alkanes of at least 4 members (excludes halogenated alkanes) is 1. The van der Waals surface area contributed by atoms with Crippen molar-refractivity contribution in [3.63, 3.8) is 0 Å². The number of anilines is 4. The lowest BCUT2D eigenvalue weighted by atomic mass is 10.2. The monoisotopic (exact) mass is 432 g/mol. The maximum absolute atomic E-state index is 6.06. The topological polar surface area (TPSA) is 74.8 Å². The fourth-order valence-corrected chi connectivity index (χ4v) is 3.50. The van der Waals surface area contributed by atoms with Gasteiger partial charge >= 0.3 is 0 Å². The van der Waals surface area contributed by atoms with Crippen molar-refractivity contribution in [3.05, 3.63) is 77.6 Å². The zero-order valence-electron chi connectivity index (χ0n) is 17.4. The molecule has 0 bridgehead atoms. The molecular weight excluding hydrogens is 408 g/mol. The number of benzene rings is 2. The van der Waals surface area contributed by atoms with Gasteiger partial charge in [-0.1, -0.05) is 29.8 Å². The van der Waals surface area contributed by atoms with Crippen LogP contribution in [0, 0.1) is 6.92 Å². The predicted molar refractivity (Wildman–Crippen MR) is 129 cm³/mol. The Morgan fingerprint density at radius 1 is 0.871 bits per heavy atom. The van der Waals surface area contributed by atoms with Crippen LogP contribution in [0.2, 0.25) is 5.02 Å². The van der Waals surface area contributed by atoms with Crippen LogP contribution in [0.5, 0.6) is 0 Å². The highest BCUT2D eigenvalue weighted by atomic mass is 35.5. The first-order valence-electron chi connectivity index (χ1n) is 10.4. The molecule has 0 saturated carbocycles. The summed E-state index contributed by atoms with van der Waals surface area (Å²) in [6.07, 6.45) is 3.82. The largest absolute Gasteiger partial charge is 0.384 e. The van der Waals surface area contributed by atoms with Gasteiger partial charge in [-0.2, -0.15) is 4.98 Å². The van der Waals surface area contributed by atoms with Crippen molar-refractivity contribution in [3.8, 4) is 0 Å². The number of nitrogens with zero attached hydrogens (tertiary/aromatic N) is 3. The summed E-state index contributed by atoms with van der Waals surface area (Å²) < 4.78 is 0. The Hall–Kier alpha value is -3.38. The summed E-state index contributed by atoms with van der Waals surface area (Å²) in [5, 5.41) is 11.9. The van der Waals surface area contributed by atoms with Gasteiger partial charge in [0.25, 0.3) is 0 Å². The Labute approximate surface area is 187 Å². The van der Waals surface area contributed by atoms with E-state index in [9.17, 15) is 0 Å². The number of pyridine rings is 1. The molecule has 0 saturated heterocycles. The van der Waals surface area contributed by atoms with Gasteiger partial charge in [0.15, 0.2) is 0 Å². The molecule has 0 atom stereocenters. The summed E-state index contributed by atoms with van der Waals surface area (Å²) in [4.78, 5) is 13.4. The highest BCUT2D eigenvalue weighted by molar-refractivity contribution is 6.31. The number of halogens is 1. The van der Waals surface area contributed by atoms with Gasteiger partial charge in [0.1, 0.15) is 5.82 Å². The van der Waals surface area contributed by atoms with Gasteiger partial charge in [0.2, 0.25) is 5.95 Å². The normalized spacial score (nSPS) is 10.8. The minimum atomic E-state index is 0.642. The van der Waals surface area contributed by atoms with Crippen LogP contribution in [0.4, 0.5) is 23.1 Å². The molecular formula is C24H25ClN6. The molecule has 4 aromatic rings. The minimum absolute atomic E-state index is 0.642. The third-order valence-electron chi connectivity index (χ3n) is 4.81. The van der Waals surface area contributed by atoms with E-state index in [1.807, 2.05) is 67.6 Å². The summed E-state index contributed by atoms with van der Waals surface area (Å²) in [6, 6.07) is 19.7. The van der Waals surface area contributed by atoms with Crippen LogP contribution in [0.1, 0.15) is 18.5 Å². The Kier molecular flexibility index (Phi) is 6.79. The van der Waals surface area contributed by atoms with Gasteiger partial charge in [0.05, 0.1) is 5.52 Å². The molecule has 3 N–H and O–H groups in total. The molecule has 31 heavy (non-hydrogen) atoms. The molecule has 0 fully saturated rings. The van der Waals surface area contributed by atoms with Crippen LogP contribution >= 0.6 is 11.6 Å². The number of hydrogen-bond donors (Lipinski definition) is 3. The average Bonchev–Trinajstić information content (AvgIpc) is 2.76. The molecule has 2 aromatic heterocycles. The number of nitrogens with one attached hydrogen (secondary N) is 3. The van der Waals surface area contributed by atoms with Crippen LogP contribution in [-0.4, -0.2) is 28.0 Å². The average molecular weight is 433 g/mol. The molecule has 4 rings (SSSR count). The quantitative estimate of drug-likeness (QED) is 0.280. The predicted octanol–water partition coefficient (Wildman–Crippen LogP) is 6.03. The molecule has 0 radical (unpaired) electrons. The van der Waals surface area contributed by atoms with Crippen LogP contribution in [0.25, 0.3) is 10.9 Å². The molecule has 0 aliphatic rings. The van der Waals surface area contributed by atoms with E-state index >= 15 is 0 Å². The first-order valence-corrected chi connectivity index (χ1v) is 10.7. The second kappa shape index (κ2) is 10.1. The number of aryl methyl sites for hydroxylation is 1. The van der Waals surface area contributed by atoms with Gasteiger partial charge < -0.3 is 16.0 Å². The maximum Gasteiger partial charge on any atom is 0.224 e. The highest BCUT2D eigenvalue weighted by Gasteiger charge is 2.04. The van der Waals surface area contributed by atoms with Crippen molar-refractivity contribution >= 4 is 45.6 Å². The first-order chi connectivity index (χ1) is 15.2. The van der Waals surface area contributed by atoms with E-state index in [0.29, 0.717) is 11.0 Å². The van der Waals surface area contributed by atoms with Crippen molar-refractivity contribution in [1.29, 1.82) is 0 Å². The molecule has 2 heterocycles. The van der Waals surface area contributed by atoms with E-state index in [2.05, 4.69) is 30.9 Å². The minimum Gasteiger partial charge on any atom is -0.384 e. The van der Waals surface area contributed by atoms with Crippen LogP contribution in [0.15, 0.2) is 66.9 Å². The summed E-state index contributed by atoms with van der Waals surface area (Å²) in [7, 11) is 0. The highest BCUT2D eigenvalue weighted by Crippen LogP contribution is 2.24. The van der Waals surface area contributed by atoms with E-state index in [-0.39, 0.29) is 0 Å². The SMILES string of the molecule is Cc1cc(Nc2ccccc2)nc(NCCCCNc2ccnc3cc(Cl)ccc23)n1. The van der Waals surface area contributed by atoms with Crippen LogP contribution in [0.3, 0.4) is 0 Å². The first kappa shape index (κ1) is 20.9. The summed E-state index contributed by atoms with van der Waals surface area (Å²) in [5.74, 6) is 1.43. The molecule has 0 aliphatic heterocycles. The smallest absolute Gasteiger partial charge is 0.224 e. The molecule has 0 amide bonds. The van der Waals surface area contributed by atoms with Crippen molar-refractivity contribution in [2.75, 3.05) is 29.0 Å². The Balaban J connectivity index is 1.25. The Morgan fingerprint density at radius 3 is 2.52 bits per heavy atom. The van der Waals surface area contributed by atoms with Crippen molar-refractivity contribution in [1.82, 2.24) is 15.0 Å². The van der Waals surface area contributed by atoms with Gasteiger partial charge in [-0.05, 0) is 56.2 Å². The number of rotatable bonds is 9. The number of aromatic nitrogens is 3. The molecule has 0 spiro atoms. The summed E-state index contributed by atoms with van der Waals surface area (Å²) >= 11 is 6.06. The standard InChI is InChI=1S/C24H25ClN6/c1-17-15-23(30-19-7-3-2-4-8-19)31-24(29-17)28-13-6-5-12-26-21-11-14-27-22-16-18(25)9-10-20(21)22/h2-4,7-11,14-16H,5-6,12-13H2,1H3,(H,26,27)(H2,28,29,30,31). The van der Waals surface area contributed by atoms with Crippen LogP contribution in [-0.2, 0) is 0 Å². The molecule has 7 heteroatoms. The molecule has 0 unspecified atom stereocenters. The lowest BCUT2D eigenvalue weighted by Crippen LogP contribution is -2.10. The fourth-order valence-electron chi connectivity index (χ4n) is 3.33. The number of hydrogen-bond acceptors (Lipinski definition) is 6. The molecule has 158 valence electrons. The molecule has 6 nitrogen and oxygen atoms in total. The van der Waals surface area contributed by atoms with Crippen molar-refractivity contribution in [2.45, 2.75) is 19.8 Å². The number of fused-ring (bicyclic) bond motifs is 1. The summed E-state index contributed by atoms with van der Waals surface area (Å²) in [5.41, 5.74) is 3.90. The van der Waals surface area contributed by atoms with E-state index in [1.165, 1.54) is 0 Å². The second-order valence-corrected chi connectivity index (χ2v) is 7.73. The van der Waals surface area contributed by atoms with E-state index in [1.54, 1.807) is 6.20 Å². The molecule has 0 aliphatic carbocycles. The fraction of sp³-hybridized carbons (Fsp3) is 0.208. The zero-order valence-corrected chi connectivity index (χ0v) is 18.2. The van der Waals surface area contributed by atoms with Crippen molar-refractivity contribution in [2.24, 2.45) is 0 Å². The third kappa shape index (κ3) is 5.83. The summed E-state index contributed by atoms with van der Waals surface area (Å²) in [6.45, 7) is 3.65. The lowest BCUT2D eigenvalue weighted by Gasteiger charge is -2.11. The van der Waals surface area contributed by atoms with E-state index in [4.69, 9.17) is 11.6 Å². The van der Waals surface area contributed by atoms with Gasteiger partial charge in [-0.25, -0.2) is 4.98 Å². The Morgan fingerprint density at radius 2 is 1.68 bits per heavy atom. The third-order valence-corrected chi connectivity index (χ3v) is 5.04.